The average molecular weight is 157 g/mol. The number of β-amino-alcohol motifs (C(OH)–C–C–N with tert-alkyl or cyclic N) is 1. The lowest BCUT2D eigenvalue weighted by molar-refractivity contribution is 0.0749. The predicted molar refractivity (Wildman–Crippen MR) is 46.6 cm³/mol. The Balaban J connectivity index is 2.22. The zero-order valence-corrected chi connectivity index (χ0v) is 7.78. The van der Waals surface area contributed by atoms with Crippen molar-refractivity contribution < 1.29 is 5.11 Å². The second kappa shape index (κ2) is 2.76. The molecule has 0 radical (unpaired) electrons. The summed E-state index contributed by atoms with van der Waals surface area (Å²) in [5, 5.41) is 12.9. The van der Waals surface area contributed by atoms with Crippen molar-refractivity contribution in [2.24, 2.45) is 0 Å². The molecule has 11 heavy (non-hydrogen) atoms. The largest absolute Gasteiger partial charge is 0.389 e. The van der Waals surface area contributed by atoms with E-state index in [1.165, 1.54) is 19.3 Å². The molecule has 0 aliphatic heterocycles. The van der Waals surface area contributed by atoms with Crippen LogP contribution in [-0.2, 0) is 0 Å². The Morgan fingerprint density at radius 2 is 2.00 bits per heavy atom. The molecule has 1 aliphatic rings. The Hall–Kier alpha value is -0.0800. The minimum atomic E-state index is -0.565. The minimum Gasteiger partial charge on any atom is -0.389 e. The highest BCUT2D eigenvalue weighted by Crippen LogP contribution is 2.38. The van der Waals surface area contributed by atoms with Crippen molar-refractivity contribution in [3.63, 3.8) is 0 Å². The summed E-state index contributed by atoms with van der Waals surface area (Å²) in [5.41, 5.74) is -0.176. The van der Waals surface area contributed by atoms with Gasteiger partial charge in [-0.3, -0.25) is 0 Å². The fourth-order valence-electron chi connectivity index (χ4n) is 1.21. The lowest BCUT2D eigenvalue weighted by atomic mass is 10.1. The lowest BCUT2D eigenvalue weighted by Crippen LogP contribution is -2.41. The van der Waals surface area contributed by atoms with Crippen molar-refractivity contribution in [1.29, 1.82) is 0 Å². The van der Waals surface area contributed by atoms with E-state index in [4.69, 9.17) is 0 Å². The van der Waals surface area contributed by atoms with Crippen LogP contribution in [0.3, 0.4) is 0 Å². The molecule has 0 amide bonds. The van der Waals surface area contributed by atoms with E-state index in [9.17, 15) is 5.11 Å². The van der Waals surface area contributed by atoms with Gasteiger partial charge in [0.1, 0.15) is 0 Å². The van der Waals surface area contributed by atoms with Crippen molar-refractivity contribution in [2.45, 2.75) is 51.2 Å². The number of aliphatic hydroxyl groups is 1. The minimum absolute atomic E-state index is 0.389. The molecule has 1 aliphatic carbocycles. The Morgan fingerprint density at radius 3 is 2.27 bits per heavy atom. The molecule has 1 saturated carbocycles. The average Bonchev–Trinajstić information content (AvgIpc) is 2.63. The zero-order chi connectivity index (χ0) is 8.54. The summed E-state index contributed by atoms with van der Waals surface area (Å²) in [5.74, 6) is 0. The quantitative estimate of drug-likeness (QED) is 0.644. The first-order valence-electron chi connectivity index (χ1n) is 4.45. The van der Waals surface area contributed by atoms with E-state index < -0.39 is 5.60 Å². The molecule has 0 aromatic carbocycles. The highest BCUT2D eigenvalue weighted by Gasteiger charge is 2.40. The van der Waals surface area contributed by atoms with Crippen LogP contribution in [0.25, 0.3) is 0 Å². The SMILES string of the molecule is CCC1(NCC(C)(C)O)CC1. The number of hydrogen-bond acceptors (Lipinski definition) is 2. The number of rotatable bonds is 4. The summed E-state index contributed by atoms with van der Waals surface area (Å²) in [6.45, 7) is 6.59. The van der Waals surface area contributed by atoms with Gasteiger partial charge in [-0.25, -0.2) is 0 Å². The van der Waals surface area contributed by atoms with Gasteiger partial charge in [-0.2, -0.15) is 0 Å². The fourth-order valence-corrected chi connectivity index (χ4v) is 1.21. The third-order valence-corrected chi connectivity index (χ3v) is 2.43. The van der Waals surface area contributed by atoms with Gasteiger partial charge in [0.25, 0.3) is 0 Å². The van der Waals surface area contributed by atoms with Crippen molar-refractivity contribution in [1.82, 2.24) is 5.32 Å². The van der Waals surface area contributed by atoms with Crippen LogP contribution in [0.15, 0.2) is 0 Å². The summed E-state index contributed by atoms with van der Waals surface area (Å²) in [6.07, 6.45) is 3.74. The summed E-state index contributed by atoms with van der Waals surface area (Å²) in [6, 6.07) is 0. The molecule has 0 atom stereocenters. The molecule has 0 bridgehead atoms. The van der Waals surface area contributed by atoms with Crippen molar-refractivity contribution in [3.8, 4) is 0 Å². The number of hydrogen-bond donors (Lipinski definition) is 2. The van der Waals surface area contributed by atoms with E-state index in [0.717, 1.165) is 0 Å². The summed E-state index contributed by atoms with van der Waals surface area (Å²) < 4.78 is 0. The van der Waals surface area contributed by atoms with Gasteiger partial charge in [-0.1, -0.05) is 6.92 Å². The lowest BCUT2D eigenvalue weighted by Gasteiger charge is -2.22. The maximum atomic E-state index is 9.44. The Labute approximate surface area is 69.0 Å². The van der Waals surface area contributed by atoms with Gasteiger partial charge >= 0.3 is 0 Å². The Morgan fingerprint density at radius 1 is 1.45 bits per heavy atom. The van der Waals surface area contributed by atoms with E-state index >= 15 is 0 Å². The Bertz CT molecular complexity index is 133. The summed E-state index contributed by atoms with van der Waals surface area (Å²) in [4.78, 5) is 0. The van der Waals surface area contributed by atoms with Crippen molar-refractivity contribution in [3.05, 3.63) is 0 Å². The molecule has 66 valence electrons. The highest BCUT2D eigenvalue weighted by atomic mass is 16.3. The van der Waals surface area contributed by atoms with E-state index in [1.807, 2.05) is 13.8 Å². The molecule has 0 aromatic heterocycles. The van der Waals surface area contributed by atoms with Crippen LogP contribution in [0.4, 0.5) is 0 Å². The molecule has 0 spiro atoms. The second-order valence-corrected chi connectivity index (χ2v) is 4.30. The normalized spacial score (nSPS) is 21.8. The van der Waals surface area contributed by atoms with Gasteiger partial charge in [-0.05, 0) is 33.1 Å². The van der Waals surface area contributed by atoms with E-state index in [2.05, 4.69) is 12.2 Å². The van der Waals surface area contributed by atoms with Gasteiger partial charge in [0.05, 0.1) is 5.60 Å². The molecule has 0 aromatic rings. The van der Waals surface area contributed by atoms with Gasteiger partial charge in [0, 0.05) is 12.1 Å². The molecule has 0 unspecified atom stereocenters. The standard InChI is InChI=1S/C9H19NO/c1-4-9(5-6-9)10-7-8(2,3)11/h10-11H,4-7H2,1-3H3. The molecule has 2 N–H and O–H groups in total. The van der Waals surface area contributed by atoms with Gasteiger partial charge in [0.15, 0.2) is 0 Å². The van der Waals surface area contributed by atoms with Crippen molar-refractivity contribution in [2.75, 3.05) is 6.54 Å². The molecule has 0 saturated heterocycles. The topological polar surface area (TPSA) is 32.3 Å². The van der Waals surface area contributed by atoms with Crippen LogP contribution in [-0.4, -0.2) is 22.8 Å². The van der Waals surface area contributed by atoms with Crippen LogP contribution in [0.1, 0.15) is 40.0 Å². The second-order valence-electron chi connectivity index (χ2n) is 4.30. The molecule has 2 heteroatoms. The van der Waals surface area contributed by atoms with E-state index in [-0.39, 0.29) is 0 Å². The number of nitrogens with one attached hydrogen (secondary N) is 1. The third kappa shape index (κ3) is 2.80. The van der Waals surface area contributed by atoms with Crippen LogP contribution in [0, 0.1) is 0 Å². The molecule has 2 nitrogen and oxygen atoms in total. The van der Waals surface area contributed by atoms with Crippen LogP contribution in [0.2, 0.25) is 0 Å². The molecular formula is C9H19NO. The Kier molecular flexibility index (Phi) is 2.26. The molecule has 1 rings (SSSR count). The van der Waals surface area contributed by atoms with E-state index in [1.54, 1.807) is 0 Å². The maximum absolute atomic E-state index is 9.44. The summed E-state index contributed by atoms with van der Waals surface area (Å²) in [7, 11) is 0. The van der Waals surface area contributed by atoms with Crippen LogP contribution in [0.5, 0.6) is 0 Å². The molecular weight excluding hydrogens is 138 g/mol. The third-order valence-electron chi connectivity index (χ3n) is 2.43. The zero-order valence-electron chi connectivity index (χ0n) is 7.78. The van der Waals surface area contributed by atoms with Gasteiger partial charge in [-0.15, -0.1) is 0 Å². The van der Waals surface area contributed by atoms with E-state index in [0.29, 0.717) is 12.1 Å². The van der Waals surface area contributed by atoms with Crippen molar-refractivity contribution >= 4 is 0 Å². The predicted octanol–water partition coefficient (Wildman–Crippen LogP) is 1.29. The first-order valence-corrected chi connectivity index (χ1v) is 4.45. The molecule has 0 heterocycles. The van der Waals surface area contributed by atoms with Gasteiger partial charge < -0.3 is 10.4 Å². The summed E-state index contributed by atoms with van der Waals surface area (Å²) >= 11 is 0. The first-order chi connectivity index (χ1) is 4.97. The first kappa shape index (κ1) is 9.01. The monoisotopic (exact) mass is 157 g/mol. The highest BCUT2D eigenvalue weighted by molar-refractivity contribution is 5.01. The van der Waals surface area contributed by atoms with Crippen LogP contribution < -0.4 is 5.32 Å². The van der Waals surface area contributed by atoms with Crippen LogP contribution >= 0.6 is 0 Å². The maximum Gasteiger partial charge on any atom is 0.0715 e. The van der Waals surface area contributed by atoms with Gasteiger partial charge in [0.2, 0.25) is 0 Å². The molecule has 1 fully saturated rings. The fraction of sp³-hybridized carbons (Fsp3) is 1.00. The smallest absolute Gasteiger partial charge is 0.0715 e.